The van der Waals surface area contributed by atoms with Crippen molar-refractivity contribution in [2.75, 3.05) is 0 Å². The summed E-state index contributed by atoms with van der Waals surface area (Å²) in [6.07, 6.45) is 1.30. The van der Waals surface area contributed by atoms with E-state index >= 15 is 0 Å². The first-order valence-electron chi connectivity index (χ1n) is 7.04. The van der Waals surface area contributed by atoms with Crippen molar-refractivity contribution in [3.8, 4) is 0 Å². The second-order valence-corrected chi connectivity index (χ2v) is 5.29. The van der Waals surface area contributed by atoms with Crippen molar-refractivity contribution in [2.24, 2.45) is 5.41 Å². The van der Waals surface area contributed by atoms with Crippen molar-refractivity contribution in [3.05, 3.63) is 35.9 Å². The molecule has 0 heterocycles. The molecule has 0 aliphatic carbocycles. The Balaban J connectivity index is 3.02. The first kappa shape index (κ1) is 16.6. The number of alkyl halides is 2. The van der Waals surface area contributed by atoms with Crippen molar-refractivity contribution >= 4 is 5.97 Å². The molecule has 20 heavy (non-hydrogen) atoms. The number of carboxylic acids is 1. The van der Waals surface area contributed by atoms with Crippen LogP contribution in [0.5, 0.6) is 0 Å². The molecule has 1 aromatic rings. The van der Waals surface area contributed by atoms with Crippen molar-refractivity contribution < 1.29 is 18.7 Å². The molecular formula is C16H22F2O2. The van der Waals surface area contributed by atoms with Crippen LogP contribution in [0.15, 0.2) is 30.3 Å². The molecule has 1 N–H and O–H groups in total. The van der Waals surface area contributed by atoms with Crippen molar-refractivity contribution in [2.45, 2.75) is 51.9 Å². The van der Waals surface area contributed by atoms with Crippen LogP contribution in [0.2, 0.25) is 0 Å². The maximum atomic E-state index is 14.4. The number of hydrogen-bond acceptors (Lipinski definition) is 1. The van der Waals surface area contributed by atoms with Gasteiger partial charge in [0.15, 0.2) is 0 Å². The number of rotatable bonds is 8. The van der Waals surface area contributed by atoms with Gasteiger partial charge in [-0.15, -0.1) is 0 Å². The van der Waals surface area contributed by atoms with E-state index in [1.165, 1.54) is 12.1 Å². The minimum Gasteiger partial charge on any atom is -0.481 e. The molecule has 0 amide bonds. The van der Waals surface area contributed by atoms with Crippen LogP contribution in [0.25, 0.3) is 0 Å². The van der Waals surface area contributed by atoms with Gasteiger partial charge in [-0.25, -0.2) is 8.78 Å². The van der Waals surface area contributed by atoms with Crippen LogP contribution >= 0.6 is 0 Å². The third-order valence-electron chi connectivity index (χ3n) is 3.90. The van der Waals surface area contributed by atoms with Gasteiger partial charge < -0.3 is 5.11 Å². The van der Waals surface area contributed by atoms with Crippen LogP contribution in [0.1, 0.15) is 51.5 Å². The summed E-state index contributed by atoms with van der Waals surface area (Å²) >= 11 is 0. The molecule has 1 rings (SSSR count). The topological polar surface area (TPSA) is 37.3 Å². The Morgan fingerprint density at radius 1 is 1.20 bits per heavy atom. The summed E-state index contributed by atoms with van der Waals surface area (Å²) in [4.78, 5) is 11.5. The zero-order chi connectivity index (χ0) is 15.2. The molecular weight excluding hydrogens is 262 g/mol. The number of unbranched alkanes of at least 4 members (excludes halogenated alkanes) is 1. The van der Waals surface area contributed by atoms with Crippen LogP contribution < -0.4 is 0 Å². The summed E-state index contributed by atoms with van der Waals surface area (Å²) < 4.78 is 28.7. The highest BCUT2D eigenvalue weighted by Gasteiger charge is 2.46. The lowest BCUT2D eigenvalue weighted by Gasteiger charge is -2.32. The Bertz CT molecular complexity index is 431. The summed E-state index contributed by atoms with van der Waals surface area (Å²) in [7, 11) is 0. The van der Waals surface area contributed by atoms with E-state index in [0.717, 1.165) is 6.42 Å². The molecule has 1 unspecified atom stereocenters. The van der Waals surface area contributed by atoms with E-state index in [4.69, 9.17) is 0 Å². The second-order valence-electron chi connectivity index (χ2n) is 5.29. The van der Waals surface area contributed by atoms with E-state index in [-0.39, 0.29) is 18.4 Å². The predicted molar refractivity (Wildman–Crippen MR) is 74.8 cm³/mol. The Morgan fingerprint density at radius 3 is 2.25 bits per heavy atom. The molecule has 0 aliphatic heterocycles. The molecule has 2 nitrogen and oxygen atoms in total. The van der Waals surface area contributed by atoms with Crippen LogP contribution in [0.3, 0.4) is 0 Å². The predicted octanol–water partition coefficient (Wildman–Crippen LogP) is 4.84. The van der Waals surface area contributed by atoms with Gasteiger partial charge in [0, 0.05) is 12.0 Å². The fraction of sp³-hybridized carbons (Fsp3) is 0.562. The molecule has 0 radical (unpaired) electrons. The zero-order valence-electron chi connectivity index (χ0n) is 12.0. The highest BCUT2D eigenvalue weighted by molar-refractivity contribution is 5.74. The molecule has 0 saturated heterocycles. The first-order valence-corrected chi connectivity index (χ1v) is 7.04. The third-order valence-corrected chi connectivity index (χ3v) is 3.90. The molecule has 0 aromatic heterocycles. The summed E-state index contributed by atoms with van der Waals surface area (Å²) in [5.41, 5.74) is -1.47. The lowest BCUT2D eigenvalue weighted by molar-refractivity contribution is -0.157. The fourth-order valence-corrected chi connectivity index (χ4v) is 2.45. The number of carbonyl (C=O) groups is 1. The van der Waals surface area contributed by atoms with E-state index in [1.54, 1.807) is 25.1 Å². The molecule has 0 saturated carbocycles. The number of aliphatic carboxylic acids is 1. The largest absolute Gasteiger partial charge is 0.481 e. The number of carboxylic acid groups (broad SMARTS) is 1. The maximum Gasteiger partial charge on any atom is 0.309 e. The number of hydrogen-bond donors (Lipinski definition) is 1. The molecule has 0 fully saturated rings. The highest BCUT2D eigenvalue weighted by Crippen LogP contribution is 2.44. The van der Waals surface area contributed by atoms with Gasteiger partial charge in [-0.2, -0.15) is 0 Å². The summed E-state index contributed by atoms with van der Waals surface area (Å²) in [6.45, 7) is 3.60. The summed E-state index contributed by atoms with van der Waals surface area (Å²) in [5, 5.41) is 9.43. The maximum absolute atomic E-state index is 14.4. The van der Waals surface area contributed by atoms with E-state index in [2.05, 4.69) is 0 Å². The summed E-state index contributed by atoms with van der Waals surface area (Å²) in [5.74, 6) is -4.24. The molecule has 1 aromatic carbocycles. The van der Waals surface area contributed by atoms with Crippen LogP contribution in [-0.2, 0) is 10.7 Å². The lowest BCUT2D eigenvalue weighted by atomic mass is 9.74. The molecule has 0 aliphatic rings. The van der Waals surface area contributed by atoms with E-state index < -0.39 is 23.7 Å². The van der Waals surface area contributed by atoms with E-state index in [1.807, 2.05) is 6.92 Å². The third kappa shape index (κ3) is 3.78. The molecule has 0 spiro atoms. The minimum atomic E-state index is -3.12. The van der Waals surface area contributed by atoms with Crippen molar-refractivity contribution in [1.82, 2.24) is 0 Å². The SMILES string of the molecule is CCCCC(CC)(CC(F)(F)c1ccccc1)C(=O)O. The fourth-order valence-electron chi connectivity index (χ4n) is 2.45. The zero-order valence-corrected chi connectivity index (χ0v) is 12.0. The lowest BCUT2D eigenvalue weighted by Crippen LogP contribution is -2.36. The van der Waals surface area contributed by atoms with Gasteiger partial charge in [-0.1, -0.05) is 57.0 Å². The Labute approximate surface area is 118 Å². The van der Waals surface area contributed by atoms with Crippen LogP contribution in [-0.4, -0.2) is 11.1 Å². The van der Waals surface area contributed by atoms with Gasteiger partial charge in [-0.3, -0.25) is 4.79 Å². The number of halogens is 2. The van der Waals surface area contributed by atoms with Gasteiger partial charge in [0.25, 0.3) is 5.92 Å². The second kappa shape index (κ2) is 6.82. The Hall–Kier alpha value is -1.45. The average molecular weight is 284 g/mol. The van der Waals surface area contributed by atoms with E-state index in [0.29, 0.717) is 6.42 Å². The number of benzene rings is 1. The normalized spacial score (nSPS) is 14.8. The highest BCUT2D eigenvalue weighted by atomic mass is 19.3. The molecule has 0 bridgehead atoms. The van der Waals surface area contributed by atoms with Crippen molar-refractivity contribution in [1.29, 1.82) is 0 Å². The Morgan fingerprint density at radius 2 is 1.80 bits per heavy atom. The minimum absolute atomic E-state index is 0.115. The van der Waals surface area contributed by atoms with Gasteiger partial charge in [-0.05, 0) is 12.8 Å². The quantitative estimate of drug-likeness (QED) is 0.741. The van der Waals surface area contributed by atoms with Crippen molar-refractivity contribution in [3.63, 3.8) is 0 Å². The molecule has 112 valence electrons. The molecule has 1 atom stereocenters. The average Bonchev–Trinajstić information content (AvgIpc) is 2.44. The van der Waals surface area contributed by atoms with Gasteiger partial charge in [0.2, 0.25) is 0 Å². The van der Waals surface area contributed by atoms with Crippen LogP contribution in [0, 0.1) is 5.41 Å². The van der Waals surface area contributed by atoms with Gasteiger partial charge >= 0.3 is 5.97 Å². The smallest absolute Gasteiger partial charge is 0.309 e. The van der Waals surface area contributed by atoms with Crippen LogP contribution in [0.4, 0.5) is 8.78 Å². The molecule has 4 heteroatoms. The Kier molecular flexibility index (Phi) is 5.66. The van der Waals surface area contributed by atoms with E-state index in [9.17, 15) is 18.7 Å². The first-order chi connectivity index (χ1) is 9.38. The summed E-state index contributed by atoms with van der Waals surface area (Å²) in [6, 6.07) is 7.46. The van der Waals surface area contributed by atoms with Gasteiger partial charge in [0.05, 0.1) is 5.41 Å². The standard InChI is InChI=1S/C16H22F2O2/c1-3-5-11-15(4-2,14(19)20)12-16(17,18)13-9-7-6-8-10-13/h6-10H,3-5,11-12H2,1-2H3,(H,19,20). The van der Waals surface area contributed by atoms with Gasteiger partial charge in [0.1, 0.15) is 0 Å². The monoisotopic (exact) mass is 284 g/mol.